The minimum atomic E-state index is -0.384. The summed E-state index contributed by atoms with van der Waals surface area (Å²) in [5.74, 6) is -0.384. The van der Waals surface area contributed by atoms with Crippen molar-refractivity contribution >= 4 is 23.4 Å². The smallest absolute Gasteiger partial charge is 0.340 e. The first-order chi connectivity index (χ1) is 9.22. The summed E-state index contributed by atoms with van der Waals surface area (Å²) in [7, 11) is 0. The number of esters is 1. The summed E-state index contributed by atoms with van der Waals surface area (Å²) in [5, 5.41) is 0.568. The van der Waals surface area contributed by atoms with Crippen molar-refractivity contribution in [1.29, 1.82) is 0 Å². The fraction of sp³-hybridized carbons (Fsp3) is 0.154. The van der Waals surface area contributed by atoms with Crippen LogP contribution < -0.4 is 5.73 Å². The Bertz CT molecular complexity index is 590. The molecule has 0 radical (unpaired) electrons. The minimum Gasteiger partial charge on any atom is -0.462 e. The Labute approximate surface area is 115 Å². The number of nitrogen functional groups attached to an aromatic ring is 1. The first-order valence-corrected chi connectivity index (χ1v) is 6.53. The quantitative estimate of drug-likeness (QED) is 0.863. The Morgan fingerprint density at radius 3 is 3.00 bits per heavy atom. The second-order valence-corrected chi connectivity index (χ2v) is 4.62. The number of anilines is 1. The number of hydrogen-bond acceptors (Lipinski definition) is 6. The van der Waals surface area contributed by atoms with Crippen molar-refractivity contribution in [2.45, 2.75) is 16.8 Å². The SMILES string of the molecule is CCOC(=O)c1cccnc1Sc1ccncc1N. The third kappa shape index (κ3) is 3.23. The maximum atomic E-state index is 11.8. The molecule has 0 aliphatic heterocycles. The van der Waals surface area contributed by atoms with E-state index in [-0.39, 0.29) is 5.97 Å². The lowest BCUT2D eigenvalue weighted by Gasteiger charge is -2.08. The molecule has 0 aromatic carbocycles. The largest absolute Gasteiger partial charge is 0.462 e. The molecular formula is C13H13N3O2S. The van der Waals surface area contributed by atoms with Gasteiger partial charge in [0.05, 0.1) is 24.1 Å². The van der Waals surface area contributed by atoms with Crippen LogP contribution in [0.15, 0.2) is 46.7 Å². The summed E-state index contributed by atoms with van der Waals surface area (Å²) in [6.07, 6.45) is 4.84. The molecule has 2 rings (SSSR count). The summed E-state index contributed by atoms with van der Waals surface area (Å²) >= 11 is 1.32. The molecule has 98 valence electrons. The molecule has 0 amide bonds. The van der Waals surface area contributed by atoms with E-state index in [1.165, 1.54) is 11.8 Å². The number of hydrogen-bond donors (Lipinski definition) is 1. The van der Waals surface area contributed by atoms with Gasteiger partial charge in [0.1, 0.15) is 5.03 Å². The highest BCUT2D eigenvalue weighted by Gasteiger charge is 2.15. The zero-order valence-corrected chi connectivity index (χ0v) is 11.2. The molecule has 2 heterocycles. The van der Waals surface area contributed by atoms with Gasteiger partial charge in [-0.15, -0.1) is 0 Å². The topological polar surface area (TPSA) is 78.1 Å². The Morgan fingerprint density at radius 1 is 1.42 bits per heavy atom. The van der Waals surface area contributed by atoms with E-state index in [4.69, 9.17) is 10.5 Å². The molecule has 2 N–H and O–H groups in total. The molecule has 0 bridgehead atoms. The number of nitrogens with zero attached hydrogens (tertiary/aromatic N) is 2. The third-order valence-corrected chi connectivity index (χ3v) is 3.39. The molecule has 0 fully saturated rings. The van der Waals surface area contributed by atoms with E-state index in [0.717, 1.165) is 4.90 Å². The van der Waals surface area contributed by atoms with Gasteiger partial charge in [0.25, 0.3) is 0 Å². The maximum absolute atomic E-state index is 11.8. The van der Waals surface area contributed by atoms with Crippen molar-refractivity contribution in [3.8, 4) is 0 Å². The number of aromatic nitrogens is 2. The number of pyridine rings is 2. The zero-order valence-electron chi connectivity index (χ0n) is 10.4. The molecule has 0 saturated heterocycles. The Kier molecular flexibility index (Phi) is 4.35. The van der Waals surface area contributed by atoms with Crippen molar-refractivity contribution in [3.05, 3.63) is 42.4 Å². The minimum absolute atomic E-state index is 0.329. The van der Waals surface area contributed by atoms with E-state index in [0.29, 0.717) is 22.9 Å². The lowest BCUT2D eigenvalue weighted by molar-refractivity contribution is 0.0521. The molecule has 0 aliphatic rings. The van der Waals surface area contributed by atoms with Crippen molar-refractivity contribution in [3.63, 3.8) is 0 Å². The Morgan fingerprint density at radius 2 is 2.26 bits per heavy atom. The van der Waals surface area contributed by atoms with Gasteiger partial charge >= 0.3 is 5.97 Å². The summed E-state index contributed by atoms with van der Waals surface area (Å²) in [6, 6.07) is 5.17. The molecule has 2 aromatic heterocycles. The van der Waals surface area contributed by atoms with Crippen LogP contribution in [-0.2, 0) is 4.74 Å². The van der Waals surface area contributed by atoms with Gasteiger partial charge < -0.3 is 10.5 Å². The van der Waals surface area contributed by atoms with E-state index in [9.17, 15) is 4.79 Å². The van der Waals surface area contributed by atoms with Crippen LogP contribution in [0.25, 0.3) is 0 Å². The molecular weight excluding hydrogens is 262 g/mol. The van der Waals surface area contributed by atoms with Gasteiger partial charge in [0.15, 0.2) is 0 Å². The highest BCUT2D eigenvalue weighted by atomic mass is 32.2. The van der Waals surface area contributed by atoms with Gasteiger partial charge in [-0.05, 0) is 25.1 Å². The van der Waals surface area contributed by atoms with E-state index < -0.39 is 0 Å². The first kappa shape index (κ1) is 13.4. The number of rotatable bonds is 4. The second kappa shape index (κ2) is 6.19. The molecule has 19 heavy (non-hydrogen) atoms. The highest BCUT2D eigenvalue weighted by molar-refractivity contribution is 7.99. The second-order valence-electron chi connectivity index (χ2n) is 3.59. The summed E-state index contributed by atoms with van der Waals surface area (Å²) in [4.78, 5) is 20.8. The predicted molar refractivity (Wildman–Crippen MR) is 73.0 cm³/mol. The van der Waals surface area contributed by atoms with Gasteiger partial charge in [0.2, 0.25) is 0 Å². The standard InChI is InChI=1S/C13H13N3O2S/c1-2-18-13(17)9-4-3-6-16-12(9)19-11-5-7-15-8-10(11)14/h3-8H,2,14H2,1H3. The van der Waals surface area contributed by atoms with Crippen molar-refractivity contribution in [2.75, 3.05) is 12.3 Å². The van der Waals surface area contributed by atoms with Crippen LogP contribution in [0.3, 0.4) is 0 Å². The van der Waals surface area contributed by atoms with Gasteiger partial charge in [-0.1, -0.05) is 11.8 Å². The van der Waals surface area contributed by atoms with E-state index in [1.807, 2.05) is 0 Å². The van der Waals surface area contributed by atoms with Crippen LogP contribution in [-0.4, -0.2) is 22.5 Å². The van der Waals surface area contributed by atoms with Crippen molar-refractivity contribution in [1.82, 2.24) is 9.97 Å². The fourth-order valence-electron chi connectivity index (χ4n) is 1.43. The number of carbonyl (C=O) groups excluding carboxylic acids is 1. The summed E-state index contributed by atoms with van der Waals surface area (Å²) in [6.45, 7) is 2.09. The molecule has 0 unspecified atom stereocenters. The van der Waals surface area contributed by atoms with E-state index in [1.54, 1.807) is 43.7 Å². The number of nitrogens with two attached hydrogens (primary N) is 1. The average Bonchev–Trinajstić information content (AvgIpc) is 2.42. The van der Waals surface area contributed by atoms with Gasteiger partial charge in [-0.25, -0.2) is 9.78 Å². The van der Waals surface area contributed by atoms with E-state index >= 15 is 0 Å². The third-order valence-electron chi connectivity index (χ3n) is 2.28. The summed E-state index contributed by atoms with van der Waals surface area (Å²) < 4.78 is 5.00. The molecule has 5 nitrogen and oxygen atoms in total. The molecule has 0 spiro atoms. The van der Waals surface area contributed by atoms with E-state index in [2.05, 4.69) is 9.97 Å². The maximum Gasteiger partial charge on any atom is 0.340 e. The zero-order chi connectivity index (χ0) is 13.7. The Hall–Kier alpha value is -2.08. The van der Waals surface area contributed by atoms with Crippen LogP contribution in [0.1, 0.15) is 17.3 Å². The molecule has 0 atom stereocenters. The fourth-order valence-corrected chi connectivity index (χ4v) is 2.31. The lowest BCUT2D eigenvalue weighted by Crippen LogP contribution is -2.07. The van der Waals surface area contributed by atoms with Crippen LogP contribution in [0.4, 0.5) is 5.69 Å². The van der Waals surface area contributed by atoms with Crippen molar-refractivity contribution < 1.29 is 9.53 Å². The van der Waals surface area contributed by atoms with Crippen LogP contribution >= 0.6 is 11.8 Å². The number of ether oxygens (including phenoxy) is 1. The van der Waals surface area contributed by atoms with Gasteiger partial charge in [0, 0.05) is 17.3 Å². The number of carbonyl (C=O) groups is 1. The molecule has 2 aromatic rings. The van der Waals surface area contributed by atoms with Gasteiger partial charge in [-0.2, -0.15) is 0 Å². The first-order valence-electron chi connectivity index (χ1n) is 5.72. The predicted octanol–water partition coefficient (Wildman–Crippen LogP) is 2.39. The normalized spacial score (nSPS) is 10.2. The summed E-state index contributed by atoms with van der Waals surface area (Å²) in [5.41, 5.74) is 6.81. The lowest BCUT2D eigenvalue weighted by atomic mass is 10.3. The molecule has 0 aliphatic carbocycles. The van der Waals surface area contributed by atoms with Crippen molar-refractivity contribution in [2.24, 2.45) is 0 Å². The van der Waals surface area contributed by atoms with Crippen LogP contribution in [0.5, 0.6) is 0 Å². The molecule has 0 saturated carbocycles. The average molecular weight is 275 g/mol. The molecule has 6 heteroatoms. The van der Waals surface area contributed by atoms with Crippen LogP contribution in [0.2, 0.25) is 0 Å². The highest BCUT2D eigenvalue weighted by Crippen LogP contribution is 2.32. The Balaban J connectivity index is 2.30. The monoisotopic (exact) mass is 275 g/mol. The van der Waals surface area contributed by atoms with Crippen LogP contribution in [0, 0.1) is 0 Å². The van der Waals surface area contributed by atoms with Gasteiger partial charge in [-0.3, -0.25) is 4.98 Å².